The molecule has 0 unspecified atom stereocenters. The lowest BCUT2D eigenvalue weighted by Gasteiger charge is -2.30. The highest BCUT2D eigenvalue weighted by Crippen LogP contribution is 2.46. The number of hydrogen-bond acceptors (Lipinski definition) is 5. The van der Waals surface area contributed by atoms with Gasteiger partial charge in [-0.15, -0.1) is 0 Å². The summed E-state index contributed by atoms with van der Waals surface area (Å²) < 4.78 is 17.2. The second kappa shape index (κ2) is 7.84. The quantitative estimate of drug-likeness (QED) is 0.784. The third-order valence-corrected chi connectivity index (χ3v) is 4.79. The molecule has 3 rings (SSSR count). The van der Waals surface area contributed by atoms with Gasteiger partial charge in [0.15, 0.2) is 5.78 Å². The fourth-order valence-electron chi connectivity index (χ4n) is 3.26. The second-order valence-corrected chi connectivity index (χ2v) is 6.67. The monoisotopic (exact) mass is 368 g/mol. The maximum absolute atomic E-state index is 12.9. The van der Waals surface area contributed by atoms with Crippen molar-refractivity contribution >= 4 is 5.78 Å². The van der Waals surface area contributed by atoms with Crippen molar-refractivity contribution in [1.29, 1.82) is 0 Å². The Bertz CT molecular complexity index is 857. The first-order valence-corrected chi connectivity index (χ1v) is 8.82. The van der Waals surface area contributed by atoms with Gasteiger partial charge in [0.1, 0.15) is 28.9 Å². The van der Waals surface area contributed by atoms with Crippen molar-refractivity contribution in [2.24, 2.45) is 0 Å². The first-order valence-electron chi connectivity index (χ1n) is 8.82. The highest BCUT2D eigenvalue weighted by atomic mass is 16.5. The van der Waals surface area contributed by atoms with Gasteiger partial charge in [-0.05, 0) is 12.5 Å². The minimum atomic E-state index is -0.771. The number of carbonyl (C=O) groups is 1. The van der Waals surface area contributed by atoms with Gasteiger partial charge in [0.25, 0.3) is 0 Å². The van der Waals surface area contributed by atoms with E-state index in [2.05, 4.69) is 6.58 Å². The summed E-state index contributed by atoms with van der Waals surface area (Å²) in [6, 6.07) is 11.3. The van der Waals surface area contributed by atoms with Crippen LogP contribution in [0.15, 0.2) is 48.6 Å². The Morgan fingerprint density at radius 1 is 1.26 bits per heavy atom. The van der Waals surface area contributed by atoms with E-state index in [9.17, 15) is 9.90 Å². The van der Waals surface area contributed by atoms with E-state index in [0.29, 0.717) is 33.9 Å². The summed E-state index contributed by atoms with van der Waals surface area (Å²) in [7, 11) is 3.05. The molecule has 5 nitrogen and oxygen atoms in total. The molecule has 27 heavy (non-hydrogen) atoms. The highest BCUT2D eigenvalue weighted by Gasteiger charge is 2.34. The van der Waals surface area contributed by atoms with Crippen LogP contribution in [0, 0.1) is 0 Å². The molecule has 0 saturated carbocycles. The Hall–Kier alpha value is -2.79. The van der Waals surface area contributed by atoms with Crippen LogP contribution in [-0.4, -0.2) is 31.2 Å². The number of ketones is 1. The molecule has 0 radical (unpaired) electrons. The van der Waals surface area contributed by atoms with E-state index in [0.717, 1.165) is 5.56 Å². The molecule has 0 aliphatic carbocycles. The Kier molecular flexibility index (Phi) is 5.51. The van der Waals surface area contributed by atoms with Crippen LogP contribution in [0.25, 0.3) is 0 Å². The third-order valence-electron chi connectivity index (χ3n) is 4.79. The standard InChI is InChI=1S/C22H24O5/c1-13(2)16(23)10-15-19(25-3)12-20(26-4)21-17(24)11-18(27-22(15)21)14-8-6-5-7-9-14/h5-9,12,16,18,23H,1,10-11H2,2-4H3/t16-,18-/m0/s1. The number of ether oxygens (including phenoxy) is 3. The van der Waals surface area contributed by atoms with E-state index in [4.69, 9.17) is 14.2 Å². The minimum absolute atomic E-state index is 0.0596. The van der Waals surface area contributed by atoms with Crippen molar-refractivity contribution < 1.29 is 24.1 Å². The predicted molar refractivity (Wildman–Crippen MR) is 103 cm³/mol. The van der Waals surface area contributed by atoms with Crippen LogP contribution in [-0.2, 0) is 6.42 Å². The van der Waals surface area contributed by atoms with E-state index in [1.165, 1.54) is 14.2 Å². The van der Waals surface area contributed by atoms with Crippen LogP contribution in [0.5, 0.6) is 17.2 Å². The number of fused-ring (bicyclic) bond motifs is 1. The van der Waals surface area contributed by atoms with E-state index in [1.54, 1.807) is 13.0 Å². The van der Waals surface area contributed by atoms with Crippen LogP contribution in [0.4, 0.5) is 0 Å². The SMILES string of the molecule is C=C(C)[C@@H](O)Cc1c(OC)cc(OC)c2c1O[C@H](c1ccccc1)CC2=O. The van der Waals surface area contributed by atoms with Gasteiger partial charge < -0.3 is 19.3 Å². The zero-order valence-corrected chi connectivity index (χ0v) is 15.8. The zero-order chi connectivity index (χ0) is 19.6. The predicted octanol–water partition coefficient (Wildman–Crippen LogP) is 3.89. The first kappa shape index (κ1) is 19.0. The van der Waals surface area contributed by atoms with E-state index < -0.39 is 12.2 Å². The van der Waals surface area contributed by atoms with Crippen molar-refractivity contribution in [3.8, 4) is 17.2 Å². The molecule has 5 heteroatoms. The normalized spacial score (nSPS) is 16.9. The van der Waals surface area contributed by atoms with Crippen molar-refractivity contribution in [2.75, 3.05) is 14.2 Å². The van der Waals surface area contributed by atoms with Crippen LogP contribution in [0.3, 0.4) is 0 Å². The number of benzene rings is 2. The van der Waals surface area contributed by atoms with Gasteiger partial charge in [0.05, 0.1) is 26.7 Å². The molecule has 2 aromatic carbocycles. The van der Waals surface area contributed by atoms with Crippen molar-refractivity contribution in [3.05, 3.63) is 65.2 Å². The summed E-state index contributed by atoms with van der Waals surface area (Å²) in [5.41, 5.74) is 2.58. The van der Waals surface area contributed by atoms with Crippen molar-refractivity contribution in [1.82, 2.24) is 0 Å². The molecule has 1 aliphatic heterocycles. The molecule has 0 fully saturated rings. The summed E-state index contributed by atoms with van der Waals surface area (Å²) >= 11 is 0. The summed E-state index contributed by atoms with van der Waals surface area (Å²) in [5, 5.41) is 10.3. The first-order chi connectivity index (χ1) is 13.0. The van der Waals surface area contributed by atoms with Gasteiger partial charge >= 0.3 is 0 Å². The molecule has 2 aromatic rings. The second-order valence-electron chi connectivity index (χ2n) is 6.67. The minimum Gasteiger partial charge on any atom is -0.496 e. The molecule has 142 valence electrons. The summed E-state index contributed by atoms with van der Waals surface area (Å²) in [5.74, 6) is 1.27. The average Bonchev–Trinajstić information content (AvgIpc) is 2.68. The molecule has 1 heterocycles. The maximum Gasteiger partial charge on any atom is 0.174 e. The van der Waals surface area contributed by atoms with Gasteiger partial charge in [-0.1, -0.05) is 42.5 Å². The molecule has 0 spiro atoms. The van der Waals surface area contributed by atoms with Crippen molar-refractivity contribution in [3.63, 3.8) is 0 Å². The zero-order valence-electron chi connectivity index (χ0n) is 15.8. The Morgan fingerprint density at radius 3 is 2.52 bits per heavy atom. The molecule has 0 bridgehead atoms. The molecule has 0 amide bonds. The average molecular weight is 368 g/mol. The smallest absolute Gasteiger partial charge is 0.174 e. The lowest BCUT2D eigenvalue weighted by atomic mass is 9.91. The van der Waals surface area contributed by atoms with E-state index in [-0.39, 0.29) is 18.6 Å². The number of Topliss-reactive ketones (excluding diaryl/α,β-unsaturated/α-hetero) is 1. The van der Waals surface area contributed by atoms with Crippen LogP contribution in [0.1, 0.15) is 40.9 Å². The molecule has 1 aliphatic rings. The Morgan fingerprint density at radius 2 is 1.93 bits per heavy atom. The molecular weight excluding hydrogens is 344 g/mol. The number of hydrogen-bond donors (Lipinski definition) is 1. The lowest BCUT2D eigenvalue weighted by Crippen LogP contribution is -2.24. The van der Waals surface area contributed by atoms with Crippen LogP contribution in [0.2, 0.25) is 0 Å². The van der Waals surface area contributed by atoms with E-state index in [1.807, 2.05) is 30.3 Å². The topological polar surface area (TPSA) is 65.0 Å². The number of methoxy groups -OCH3 is 2. The van der Waals surface area contributed by atoms with Gasteiger partial charge in [-0.3, -0.25) is 4.79 Å². The van der Waals surface area contributed by atoms with Gasteiger partial charge in [-0.25, -0.2) is 0 Å². The molecule has 0 aromatic heterocycles. The fraction of sp³-hybridized carbons (Fsp3) is 0.318. The van der Waals surface area contributed by atoms with Gasteiger partial charge in [0, 0.05) is 18.1 Å². The molecule has 0 saturated heterocycles. The van der Waals surface area contributed by atoms with Crippen molar-refractivity contribution in [2.45, 2.75) is 32.0 Å². The molecular formula is C22H24O5. The summed E-state index contributed by atoms with van der Waals surface area (Å²) in [6.45, 7) is 5.56. The molecule has 1 N–H and O–H groups in total. The Labute approximate surface area is 159 Å². The maximum atomic E-state index is 12.9. The third kappa shape index (κ3) is 3.69. The highest BCUT2D eigenvalue weighted by molar-refractivity contribution is 6.03. The fourth-order valence-corrected chi connectivity index (χ4v) is 3.26. The number of rotatable bonds is 6. The van der Waals surface area contributed by atoms with E-state index >= 15 is 0 Å². The van der Waals surface area contributed by atoms with Crippen LogP contribution < -0.4 is 14.2 Å². The molecule has 2 atom stereocenters. The summed E-state index contributed by atoms with van der Waals surface area (Å²) in [4.78, 5) is 12.9. The Balaban J connectivity index is 2.14. The number of carbonyl (C=O) groups excluding carboxylic acids is 1. The lowest BCUT2D eigenvalue weighted by molar-refractivity contribution is 0.0839. The number of aliphatic hydroxyl groups is 1. The summed E-state index contributed by atoms with van der Waals surface area (Å²) in [6.07, 6.45) is -0.710. The van der Waals surface area contributed by atoms with Crippen LogP contribution >= 0.6 is 0 Å². The van der Waals surface area contributed by atoms with Gasteiger partial charge in [0.2, 0.25) is 0 Å². The largest absolute Gasteiger partial charge is 0.496 e. The van der Waals surface area contributed by atoms with Gasteiger partial charge in [-0.2, -0.15) is 0 Å². The number of aliphatic hydroxyl groups excluding tert-OH is 1.